The van der Waals surface area contributed by atoms with Gasteiger partial charge < -0.3 is 30.0 Å². The number of rotatable bonds is 9. The van der Waals surface area contributed by atoms with Gasteiger partial charge in [-0.2, -0.15) is 8.62 Å². The van der Waals surface area contributed by atoms with Crippen molar-refractivity contribution in [1.82, 2.24) is 10.2 Å². The molecule has 170 valence electrons. The molecule has 0 aromatic rings. The van der Waals surface area contributed by atoms with Crippen LogP contribution in [0.1, 0.15) is 6.92 Å². The van der Waals surface area contributed by atoms with Crippen LogP contribution in [0.25, 0.3) is 0 Å². The van der Waals surface area contributed by atoms with Gasteiger partial charge in [-0.15, -0.1) is 0 Å². The summed E-state index contributed by atoms with van der Waals surface area (Å²) >= 11 is 0. The lowest BCUT2D eigenvalue weighted by atomic mass is 9.65. The van der Waals surface area contributed by atoms with Crippen molar-refractivity contribution >= 4 is 29.5 Å². The number of aliphatic hydroxyl groups excluding tert-OH is 1. The summed E-state index contributed by atoms with van der Waals surface area (Å²) in [6.45, 7) is 8.10. The third kappa shape index (κ3) is 5.97. The highest BCUT2D eigenvalue weighted by Gasteiger charge is 2.50. The largest absolute Gasteiger partial charge is 0.490 e. The molecular formula is C13H21N2O12P3. The zero-order chi connectivity index (χ0) is 23.1. The molecule has 0 aromatic heterocycles. The maximum Gasteiger partial charge on any atom is 0.490 e. The van der Waals surface area contributed by atoms with Crippen molar-refractivity contribution < 1.29 is 56.3 Å². The maximum absolute atomic E-state index is 12.2. The highest BCUT2D eigenvalue weighted by Crippen LogP contribution is 2.66. The van der Waals surface area contributed by atoms with E-state index in [2.05, 4.69) is 31.6 Å². The molecule has 14 nitrogen and oxygen atoms in total. The number of hydrogen-bond acceptors (Lipinski definition) is 8. The van der Waals surface area contributed by atoms with Gasteiger partial charge in [-0.1, -0.05) is 13.2 Å². The fourth-order valence-electron chi connectivity index (χ4n) is 3.04. The lowest BCUT2D eigenvalue weighted by Crippen LogP contribution is -2.59. The molecule has 0 saturated heterocycles. The SMILES string of the molecule is C=C1NC(=O)N([C@@H]2C(=C)[C@H](COP(=O)(O)OP(=O)(O)OP(=O)(O)O)[C@H]2CO)C=C1C. The molecule has 1 aliphatic heterocycles. The minimum absolute atomic E-state index is 0.361. The zero-order valence-electron chi connectivity index (χ0n) is 15.5. The van der Waals surface area contributed by atoms with Crippen LogP contribution in [0, 0.1) is 11.8 Å². The highest BCUT2D eigenvalue weighted by molar-refractivity contribution is 7.66. The summed E-state index contributed by atoms with van der Waals surface area (Å²) in [4.78, 5) is 49.2. The van der Waals surface area contributed by atoms with E-state index in [1.54, 1.807) is 6.92 Å². The van der Waals surface area contributed by atoms with Gasteiger partial charge in [0.2, 0.25) is 0 Å². The molecule has 2 aliphatic rings. The van der Waals surface area contributed by atoms with Crippen molar-refractivity contribution in [2.24, 2.45) is 11.8 Å². The number of hydrogen-bond donors (Lipinski definition) is 6. The molecule has 17 heteroatoms. The topological polar surface area (TPSA) is 212 Å². The van der Waals surface area contributed by atoms with E-state index in [0.717, 1.165) is 0 Å². The van der Waals surface area contributed by atoms with E-state index in [-0.39, 0.29) is 0 Å². The molecule has 0 aromatic carbocycles. The summed E-state index contributed by atoms with van der Waals surface area (Å²) in [5, 5.41) is 12.2. The second kappa shape index (κ2) is 8.78. The predicted molar refractivity (Wildman–Crippen MR) is 100 cm³/mol. The molecule has 5 atom stereocenters. The third-order valence-electron chi connectivity index (χ3n) is 4.42. The van der Waals surface area contributed by atoms with Crippen molar-refractivity contribution in [3.8, 4) is 0 Å². The average Bonchev–Trinajstić information content (AvgIpc) is 2.53. The Kier molecular flexibility index (Phi) is 7.35. The second-order valence-corrected chi connectivity index (χ2v) is 10.9. The van der Waals surface area contributed by atoms with Gasteiger partial charge in [-0.25, -0.2) is 18.5 Å². The number of aliphatic hydroxyl groups is 1. The van der Waals surface area contributed by atoms with Gasteiger partial charge in [0.05, 0.1) is 12.6 Å². The maximum atomic E-state index is 12.2. The van der Waals surface area contributed by atoms with Crippen molar-refractivity contribution in [3.05, 3.63) is 36.2 Å². The lowest BCUT2D eigenvalue weighted by molar-refractivity contribution is 0.0336. The number of carbonyl (C=O) groups is 1. The van der Waals surface area contributed by atoms with Crippen LogP contribution in [0.4, 0.5) is 4.79 Å². The van der Waals surface area contributed by atoms with E-state index in [1.165, 1.54) is 11.1 Å². The molecule has 2 rings (SSSR count). The van der Waals surface area contributed by atoms with E-state index in [1.807, 2.05) is 0 Å². The molecule has 1 fully saturated rings. The Morgan fingerprint density at radius 3 is 2.27 bits per heavy atom. The first-order valence-corrected chi connectivity index (χ1v) is 12.6. The van der Waals surface area contributed by atoms with E-state index < -0.39 is 60.6 Å². The van der Waals surface area contributed by atoms with Crippen LogP contribution in [-0.4, -0.2) is 54.9 Å². The number of amides is 2. The van der Waals surface area contributed by atoms with Gasteiger partial charge in [-0.3, -0.25) is 9.42 Å². The standard InChI is InChI=1S/C13H21N2O12P3/c1-7-4-15(13(17)14-9(7)3)12-8(2)11(10(12)5-16)6-25-29(21,22)27-30(23,24)26-28(18,19)20/h4,10-12,16H,2-3,5-6H2,1H3,(H,14,17)(H,21,22)(H,23,24)(H2,18,19,20)/t10-,11+,12-/m1/s1. The lowest BCUT2D eigenvalue weighted by Gasteiger charge is -2.51. The van der Waals surface area contributed by atoms with Crippen molar-refractivity contribution in [2.75, 3.05) is 13.2 Å². The quantitative estimate of drug-likeness (QED) is 0.197. The molecule has 1 saturated carbocycles. The van der Waals surface area contributed by atoms with E-state index in [0.29, 0.717) is 16.8 Å². The summed E-state index contributed by atoms with van der Waals surface area (Å²) in [6, 6.07) is -1.17. The zero-order valence-corrected chi connectivity index (χ0v) is 18.2. The van der Waals surface area contributed by atoms with Crippen molar-refractivity contribution in [2.45, 2.75) is 13.0 Å². The van der Waals surface area contributed by atoms with Gasteiger partial charge in [0.15, 0.2) is 0 Å². The van der Waals surface area contributed by atoms with Gasteiger partial charge >= 0.3 is 29.5 Å². The monoisotopic (exact) mass is 490 g/mol. The number of carbonyl (C=O) groups excluding carboxylic acids is 1. The minimum Gasteiger partial charge on any atom is -0.396 e. The number of phosphoric ester groups is 1. The summed E-state index contributed by atoms with van der Waals surface area (Å²) in [7, 11) is -16.4. The van der Waals surface area contributed by atoms with Gasteiger partial charge in [0.25, 0.3) is 0 Å². The van der Waals surface area contributed by atoms with Crippen molar-refractivity contribution in [3.63, 3.8) is 0 Å². The molecule has 0 spiro atoms. The Balaban J connectivity index is 2.04. The summed E-state index contributed by atoms with van der Waals surface area (Å²) in [5.74, 6) is -1.40. The van der Waals surface area contributed by atoms with Crippen LogP contribution < -0.4 is 5.32 Å². The van der Waals surface area contributed by atoms with Crippen molar-refractivity contribution in [1.29, 1.82) is 0 Å². The summed E-state index contributed by atoms with van der Waals surface area (Å²) < 4.78 is 45.6. The number of allylic oxidation sites excluding steroid dienone is 1. The average molecular weight is 490 g/mol. The van der Waals surface area contributed by atoms with Gasteiger partial charge in [0.1, 0.15) is 0 Å². The van der Waals surface area contributed by atoms with Gasteiger partial charge in [0, 0.05) is 30.3 Å². The van der Waals surface area contributed by atoms with E-state index >= 15 is 0 Å². The number of phosphoric acid groups is 3. The predicted octanol–water partition coefficient (Wildman–Crippen LogP) is 0.935. The fourth-order valence-corrected chi connectivity index (χ4v) is 6.08. The van der Waals surface area contributed by atoms with Crippen LogP contribution in [0.15, 0.2) is 36.2 Å². The normalized spacial score (nSPS) is 28.9. The molecule has 6 N–H and O–H groups in total. The third-order valence-corrected chi connectivity index (χ3v) is 8.23. The first kappa shape index (κ1) is 25.1. The van der Waals surface area contributed by atoms with Crippen LogP contribution in [0.2, 0.25) is 0 Å². The van der Waals surface area contributed by atoms with Crippen LogP contribution in [0.3, 0.4) is 0 Å². The summed E-state index contributed by atoms with van der Waals surface area (Å²) in [5.41, 5.74) is 1.43. The van der Waals surface area contributed by atoms with Crippen LogP contribution >= 0.6 is 23.5 Å². The second-order valence-electron chi connectivity index (χ2n) is 6.49. The molecule has 30 heavy (non-hydrogen) atoms. The first-order valence-electron chi connectivity index (χ1n) is 8.12. The van der Waals surface area contributed by atoms with Gasteiger partial charge in [-0.05, 0) is 18.1 Å². The minimum atomic E-state index is -5.63. The molecule has 1 aliphatic carbocycles. The number of urea groups is 1. The molecule has 2 amide bonds. The summed E-state index contributed by atoms with van der Waals surface area (Å²) in [6.07, 6.45) is 1.51. The highest BCUT2D eigenvalue weighted by atomic mass is 31.3. The molecule has 0 bridgehead atoms. The Labute approximate surface area is 170 Å². The molecule has 2 unspecified atom stereocenters. The van der Waals surface area contributed by atoms with E-state index in [9.17, 15) is 28.5 Å². The first-order chi connectivity index (χ1) is 13.6. The number of nitrogens with zero attached hydrogens (tertiary/aromatic N) is 1. The number of nitrogens with one attached hydrogen (secondary N) is 1. The van der Waals surface area contributed by atoms with E-state index in [4.69, 9.17) is 14.7 Å². The molecule has 1 heterocycles. The molecular weight excluding hydrogens is 469 g/mol. The fraction of sp³-hybridized carbons (Fsp3) is 0.462. The Morgan fingerprint density at radius 1 is 1.13 bits per heavy atom. The Morgan fingerprint density at radius 2 is 1.73 bits per heavy atom. The Bertz CT molecular complexity index is 926. The van der Waals surface area contributed by atoms with Crippen LogP contribution in [0.5, 0.6) is 0 Å². The molecule has 0 radical (unpaired) electrons. The van der Waals surface area contributed by atoms with Crippen LogP contribution in [-0.2, 0) is 26.8 Å². The Hall–Kier alpha value is -1.14. The smallest absolute Gasteiger partial charge is 0.396 e.